The number of hydrogen-bond donors (Lipinski definition) is 0. The molecule has 0 saturated carbocycles. The first-order chi connectivity index (χ1) is 13.2. The number of aromatic nitrogens is 1. The molecular formula is C21H23N3O2S. The van der Waals surface area contributed by atoms with Crippen LogP contribution >= 0.6 is 11.3 Å². The molecule has 27 heavy (non-hydrogen) atoms. The van der Waals surface area contributed by atoms with Gasteiger partial charge < -0.3 is 9.32 Å². The van der Waals surface area contributed by atoms with Crippen molar-refractivity contribution in [2.45, 2.75) is 19.9 Å². The Labute approximate surface area is 163 Å². The van der Waals surface area contributed by atoms with Crippen molar-refractivity contribution in [3.63, 3.8) is 0 Å². The van der Waals surface area contributed by atoms with Gasteiger partial charge in [0.15, 0.2) is 0 Å². The standard InChI is InChI=1S/C21H23N3O2S/c1-16-19(22-21(26-16)17-6-3-2-4-7-17)14-20(25)24-11-9-23(10-12-24)15-18-8-5-13-27-18/h2-8,13H,9-12,14-15H2,1H3. The van der Waals surface area contributed by atoms with Crippen LogP contribution in [-0.4, -0.2) is 46.9 Å². The molecule has 0 bridgehead atoms. The van der Waals surface area contributed by atoms with E-state index in [2.05, 4.69) is 27.4 Å². The average molecular weight is 382 g/mol. The first-order valence-electron chi connectivity index (χ1n) is 9.23. The highest BCUT2D eigenvalue weighted by Gasteiger charge is 2.23. The van der Waals surface area contributed by atoms with Gasteiger partial charge in [0.1, 0.15) is 5.76 Å². The molecule has 1 fully saturated rings. The summed E-state index contributed by atoms with van der Waals surface area (Å²) in [6.45, 7) is 6.22. The number of nitrogens with zero attached hydrogens (tertiary/aromatic N) is 3. The third-order valence-electron chi connectivity index (χ3n) is 4.92. The molecule has 5 nitrogen and oxygen atoms in total. The zero-order chi connectivity index (χ0) is 18.6. The molecule has 0 unspecified atom stereocenters. The minimum atomic E-state index is 0.127. The van der Waals surface area contributed by atoms with Crippen molar-refractivity contribution < 1.29 is 9.21 Å². The van der Waals surface area contributed by atoms with Crippen LogP contribution in [0.4, 0.5) is 0 Å². The summed E-state index contributed by atoms with van der Waals surface area (Å²) < 4.78 is 5.78. The van der Waals surface area contributed by atoms with Crippen LogP contribution in [0.15, 0.2) is 52.3 Å². The van der Waals surface area contributed by atoms with Crippen molar-refractivity contribution >= 4 is 17.2 Å². The molecule has 0 spiro atoms. The number of carbonyl (C=O) groups is 1. The van der Waals surface area contributed by atoms with E-state index in [1.54, 1.807) is 11.3 Å². The monoisotopic (exact) mass is 381 g/mol. The maximum absolute atomic E-state index is 12.7. The highest BCUT2D eigenvalue weighted by Crippen LogP contribution is 2.22. The SMILES string of the molecule is Cc1oc(-c2ccccc2)nc1CC(=O)N1CCN(Cc2cccs2)CC1. The predicted molar refractivity (Wildman–Crippen MR) is 107 cm³/mol. The van der Waals surface area contributed by atoms with Crippen LogP contribution < -0.4 is 0 Å². The Morgan fingerprint density at radius 2 is 1.89 bits per heavy atom. The molecule has 0 aliphatic carbocycles. The number of amides is 1. The topological polar surface area (TPSA) is 49.6 Å². The summed E-state index contributed by atoms with van der Waals surface area (Å²) in [5.41, 5.74) is 1.67. The zero-order valence-corrected chi connectivity index (χ0v) is 16.2. The van der Waals surface area contributed by atoms with Crippen LogP contribution in [0.5, 0.6) is 0 Å². The van der Waals surface area contributed by atoms with E-state index in [0.717, 1.165) is 49.7 Å². The lowest BCUT2D eigenvalue weighted by atomic mass is 10.2. The second-order valence-electron chi connectivity index (χ2n) is 6.80. The number of oxazole rings is 1. The van der Waals surface area contributed by atoms with Crippen LogP contribution in [0.1, 0.15) is 16.3 Å². The van der Waals surface area contributed by atoms with Crippen LogP contribution in [0.3, 0.4) is 0 Å². The van der Waals surface area contributed by atoms with Gasteiger partial charge in [0.25, 0.3) is 0 Å². The molecule has 0 N–H and O–H groups in total. The molecule has 0 radical (unpaired) electrons. The van der Waals surface area contributed by atoms with E-state index in [1.807, 2.05) is 42.2 Å². The Morgan fingerprint density at radius 3 is 2.59 bits per heavy atom. The van der Waals surface area contributed by atoms with Gasteiger partial charge in [-0.15, -0.1) is 11.3 Å². The van der Waals surface area contributed by atoms with Crippen molar-refractivity contribution in [1.82, 2.24) is 14.8 Å². The van der Waals surface area contributed by atoms with Crippen molar-refractivity contribution in [3.05, 3.63) is 64.2 Å². The van der Waals surface area contributed by atoms with Gasteiger partial charge in [-0.3, -0.25) is 9.69 Å². The summed E-state index contributed by atoms with van der Waals surface area (Å²) in [6.07, 6.45) is 0.299. The Bertz CT molecular complexity index is 882. The lowest BCUT2D eigenvalue weighted by molar-refractivity contribution is -0.132. The fraction of sp³-hybridized carbons (Fsp3) is 0.333. The van der Waals surface area contributed by atoms with E-state index in [4.69, 9.17) is 4.42 Å². The number of piperazine rings is 1. The zero-order valence-electron chi connectivity index (χ0n) is 15.4. The number of benzene rings is 1. The Kier molecular flexibility index (Phi) is 5.36. The molecule has 1 saturated heterocycles. The fourth-order valence-corrected chi connectivity index (χ4v) is 4.08. The summed E-state index contributed by atoms with van der Waals surface area (Å²) in [5, 5.41) is 2.11. The lowest BCUT2D eigenvalue weighted by Crippen LogP contribution is -2.48. The minimum absolute atomic E-state index is 0.127. The smallest absolute Gasteiger partial charge is 0.228 e. The molecule has 4 rings (SSSR count). The van der Waals surface area contributed by atoms with Gasteiger partial charge in [-0.2, -0.15) is 0 Å². The quantitative estimate of drug-likeness (QED) is 0.678. The second kappa shape index (κ2) is 8.06. The van der Waals surface area contributed by atoms with Gasteiger partial charge in [0.2, 0.25) is 11.8 Å². The molecule has 140 valence electrons. The van der Waals surface area contributed by atoms with E-state index in [9.17, 15) is 4.79 Å². The van der Waals surface area contributed by atoms with E-state index in [0.29, 0.717) is 12.3 Å². The van der Waals surface area contributed by atoms with Crippen molar-refractivity contribution in [2.75, 3.05) is 26.2 Å². The van der Waals surface area contributed by atoms with Gasteiger partial charge >= 0.3 is 0 Å². The molecular weight excluding hydrogens is 358 g/mol. The van der Waals surface area contributed by atoms with Crippen molar-refractivity contribution in [2.24, 2.45) is 0 Å². The predicted octanol–water partition coefficient (Wildman–Crippen LogP) is 3.60. The lowest BCUT2D eigenvalue weighted by Gasteiger charge is -2.34. The molecule has 1 aliphatic rings. The first-order valence-corrected chi connectivity index (χ1v) is 10.1. The van der Waals surface area contributed by atoms with E-state index >= 15 is 0 Å². The van der Waals surface area contributed by atoms with Gasteiger partial charge in [0.05, 0.1) is 12.1 Å². The van der Waals surface area contributed by atoms with Gasteiger partial charge in [-0.25, -0.2) is 4.98 Å². The molecule has 1 aromatic carbocycles. The molecule has 1 amide bonds. The summed E-state index contributed by atoms with van der Waals surface area (Å²) >= 11 is 1.79. The van der Waals surface area contributed by atoms with Gasteiger partial charge in [-0.05, 0) is 30.5 Å². The number of rotatable bonds is 5. The Hall–Kier alpha value is -2.44. The molecule has 3 aromatic rings. The van der Waals surface area contributed by atoms with E-state index < -0.39 is 0 Å². The summed E-state index contributed by atoms with van der Waals surface area (Å²) in [7, 11) is 0. The largest absolute Gasteiger partial charge is 0.441 e. The average Bonchev–Trinajstić information content (AvgIpc) is 3.33. The maximum atomic E-state index is 12.7. The fourth-order valence-electron chi connectivity index (χ4n) is 3.33. The molecule has 1 aliphatic heterocycles. The highest BCUT2D eigenvalue weighted by atomic mass is 32.1. The second-order valence-corrected chi connectivity index (χ2v) is 7.83. The number of aryl methyl sites for hydroxylation is 1. The number of hydrogen-bond acceptors (Lipinski definition) is 5. The Balaban J connectivity index is 1.34. The molecule has 0 atom stereocenters. The third-order valence-corrected chi connectivity index (χ3v) is 5.78. The molecule has 2 aromatic heterocycles. The summed E-state index contributed by atoms with van der Waals surface area (Å²) in [4.78, 5) is 23.0. The molecule has 6 heteroatoms. The van der Waals surface area contributed by atoms with Crippen LogP contribution in [-0.2, 0) is 17.8 Å². The third kappa shape index (κ3) is 4.28. The normalized spacial score (nSPS) is 15.2. The van der Waals surface area contributed by atoms with Gasteiger partial charge in [-0.1, -0.05) is 24.3 Å². The summed E-state index contributed by atoms with van der Waals surface area (Å²) in [6, 6.07) is 14.0. The van der Waals surface area contributed by atoms with Crippen LogP contribution in [0.25, 0.3) is 11.5 Å². The summed E-state index contributed by atoms with van der Waals surface area (Å²) in [5.74, 6) is 1.43. The number of thiophene rings is 1. The minimum Gasteiger partial charge on any atom is -0.441 e. The Morgan fingerprint density at radius 1 is 1.11 bits per heavy atom. The van der Waals surface area contributed by atoms with Crippen LogP contribution in [0.2, 0.25) is 0 Å². The van der Waals surface area contributed by atoms with Crippen molar-refractivity contribution in [3.8, 4) is 11.5 Å². The van der Waals surface area contributed by atoms with E-state index in [-0.39, 0.29) is 5.91 Å². The van der Waals surface area contributed by atoms with Crippen LogP contribution in [0, 0.1) is 6.92 Å². The van der Waals surface area contributed by atoms with Crippen molar-refractivity contribution in [1.29, 1.82) is 0 Å². The van der Waals surface area contributed by atoms with Gasteiger partial charge in [0, 0.05) is 43.2 Å². The highest BCUT2D eigenvalue weighted by molar-refractivity contribution is 7.09. The number of carbonyl (C=O) groups excluding carboxylic acids is 1. The maximum Gasteiger partial charge on any atom is 0.228 e. The van der Waals surface area contributed by atoms with E-state index in [1.165, 1.54) is 4.88 Å². The molecule has 3 heterocycles. The first kappa shape index (κ1) is 17.9.